The van der Waals surface area contributed by atoms with E-state index in [1.165, 1.54) is 43.3 Å². The molecule has 0 aromatic heterocycles. The zero-order valence-electron chi connectivity index (χ0n) is 15.2. The van der Waals surface area contributed by atoms with Crippen LogP contribution in [-0.4, -0.2) is 42.5 Å². The number of rotatable bonds is 6. The first-order chi connectivity index (χ1) is 13.5. The number of imide groups is 1. The second kappa shape index (κ2) is 7.56. The van der Waals surface area contributed by atoms with Crippen molar-refractivity contribution in [2.24, 2.45) is 0 Å². The largest absolute Gasteiger partial charge is 0.325 e. The Morgan fingerprint density at radius 1 is 1.17 bits per heavy atom. The Balaban J connectivity index is 1.81. The summed E-state index contributed by atoms with van der Waals surface area (Å²) in [5.74, 6) is -1.12. The predicted molar refractivity (Wildman–Crippen MR) is 107 cm³/mol. The Morgan fingerprint density at radius 2 is 1.83 bits per heavy atom. The molecule has 2 aromatic carbocycles. The van der Waals surface area contributed by atoms with E-state index in [1.807, 2.05) is 0 Å². The third-order valence-corrected chi connectivity index (χ3v) is 6.90. The molecule has 1 N–H and O–H groups in total. The lowest BCUT2D eigenvalue weighted by Crippen LogP contribution is -2.41. The highest BCUT2D eigenvalue weighted by Gasteiger charge is 2.49. The van der Waals surface area contributed by atoms with Gasteiger partial charge in [0.25, 0.3) is 11.6 Å². The first-order valence-electron chi connectivity index (χ1n) is 8.42. The van der Waals surface area contributed by atoms with Crippen molar-refractivity contribution in [3.63, 3.8) is 0 Å². The maximum absolute atomic E-state index is 12.9. The maximum atomic E-state index is 12.9. The summed E-state index contributed by atoms with van der Waals surface area (Å²) in [6.45, 7) is 1.09. The molecule has 3 amide bonds. The van der Waals surface area contributed by atoms with Gasteiger partial charge in [-0.05, 0) is 36.8 Å². The summed E-state index contributed by atoms with van der Waals surface area (Å²) in [4.78, 5) is 36.5. The van der Waals surface area contributed by atoms with Crippen LogP contribution in [-0.2, 0) is 20.2 Å². The van der Waals surface area contributed by atoms with Crippen molar-refractivity contribution in [1.82, 2.24) is 10.2 Å². The molecule has 0 saturated carbocycles. The van der Waals surface area contributed by atoms with Crippen molar-refractivity contribution < 1.29 is 22.9 Å². The van der Waals surface area contributed by atoms with E-state index in [4.69, 9.17) is 0 Å². The maximum Gasteiger partial charge on any atom is 0.325 e. The normalized spacial score (nSPS) is 19.3. The number of halogens is 1. The summed E-state index contributed by atoms with van der Waals surface area (Å²) in [7, 11) is -3.72. The van der Waals surface area contributed by atoms with Crippen LogP contribution in [0, 0.1) is 10.1 Å². The molecule has 0 spiro atoms. The summed E-state index contributed by atoms with van der Waals surface area (Å²) in [6.07, 6.45) is 0. The molecule has 1 atom stereocenters. The van der Waals surface area contributed by atoms with Crippen LogP contribution in [0.15, 0.2) is 57.9 Å². The van der Waals surface area contributed by atoms with Gasteiger partial charge in [-0.3, -0.25) is 19.8 Å². The van der Waals surface area contributed by atoms with Crippen molar-refractivity contribution in [3.05, 3.63) is 68.7 Å². The number of amides is 3. The third kappa shape index (κ3) is 4.01. The molecule has 1 fully saturated rings. The van der Waals surface area contributed by atoms with Gasteiger partial charge in [0, 0.05) is 23.2 Å². The number of nitrogens with one attached hydrogen (secondary N) is 1. The second-order valence-electron chi connectivity index (χ2n) is 6.59. The van der Waals surface area contributed by atoms with Gasteiger partial charge in [0.15, 0.2) is 9.84 Å². The number of carbonyl (C=O) groups excluding carboxylic acids is 2. The molecule has 1 aliphatic rings. The average molecular weight is 482 g/mol. The van der Waals surface area contributed by atoms with Gasteiger partial charge in [0.2, 0.25) is 0 Å². The molecule has 2 aromatic rings. The van der Waals surface area contributed by atoms with E-state index in [-0.39, 0.29) is 22.7 Å². The molecule has 1 saturated heterocycles. The topological polar surface area (TPSA) is 127 Å². The van der Waals surface area contributed by atoms with Gasteiger partial charge >= 0.3 is 6.03 Å². The summed E-state index contributed by atoms with van der Waals surface area (Å²) in [5, 5.41) is 13.5. The number of nitrogens with zero attached hydrogens (tertiary/aromatic N) is 2. The van der Waals surface area contributed by atoms with Crippen LogP contribution < -0.4 is 5.32 Å². The van der Waals surface area contributed by atoms with Crippen LogP contribution in [0.3, 0.4) is 0 Å². The smallest absolute Gasteiger partial charge is 0.319 e. The number of non-ortho nitro benzene ring substituents is 1. The first-order valence-corrected chi connectivity index (χ1v) is 10.9. The number of hydrogen-bond donors (Lipinski definition) is 1. The third-order valence-electron chi connectivity index (χ3n) is 4.67. The number of carbonyl (C=O) groups is 2. The fourth-order valence-electron chi connectivity index (χ4n) is 3.00. The van der Waals surface area contributed by atoms with E-state index in [9.17, 15) is 28.1 Å². The highest BCUT2D eigenvalue weighted by atomic mass is 79.9. The van der Waals surface area contributed by atoms with Gasteiger partial charge in [-0.1, -0.05) is 28.1 Å². The Morgan fingerprint density at radius 3 is 2.45 bits per heavy atom. The Kier molecular flexibility index (Phi) is 5.46. The summed E-state index contributed by atoms with van der Waals surface area (Å²) < 4.78 is 25.7. The fourth-order valence-corrected chi connectivity index (χ4v) is 4.47. The van der Waals surface area contributed by atoms with Crippen LogP contribution in [0.5, 0.6) is 0 Å². The zero-order chi connectivity index (χ0) is 21.4. The molecule has 9 nitrogen and oxygen atoms in total. The van der Waals surface area contributed by atoms with Gasteiger partial charge in [-0.15, -0.1) is 0 Å². The molecule has 1 heterocycles. The zero-order valence-corrected chi connectivity index (χ0v) is 17.6. The lowest BCUT2D eigenvalue weighted by Gasteiger charge is -2.22. The molecular weight excluding hydrogens is 466 g/mol. The highest BCUT2D eigenvalue weighted by molar-refractivity contribution is 9.10. The lowest BCUT2D eigenvalue weighted by atomic mass is 9.91. The molecule has 0 bridgehead atoms. The Labute approximate surface area is 174 Å². The predicted octanol–water partition coefficient (Wildman–Crippen LogP) is 2.60. The molecule has 29 heavy (non-hydrogen) atoms. The van der Waals surface area contributed by atoms with Crippen molar-refractivity contribution >= 4 is 43.4 Å². The molecule has 0 aliphatic carbocycles. The molecule has 3 rings (SSSR count). The van der Waals surface area contributed by atoms with Gasteiger partial charge < -0.3 is 5.32 Å². The van der Waals surface area contributed by atoms with Gasteiger partial charge in [-0.25, -0.2) is 13.2 Å². The summed E-state index contributed by atoms with van der Waals surface area (Å²) >= 11 is 3.23. The second-order valence-corrected chi connectivity index (χ2v) is 9.62. The van der Waals surface area contributed by atoms with Crippen LogP contribution >= 0.6 is 15.9 Å². The molecule has 152 valence electrons. The molecule has 1 unspecified atom stereocenters. The van der Waals surface area contributed by atoms with Gasteiger partial charge in [0.1, 0.15) is 5.54 Å². The van der Waals surface area contributed by atoms with E-state index in [0.717, 1.165) is 9.37 Å². The van der Waals surface area contributed by atoms with Gasteiger partial charge in [0.05, 0.1) is 15.6 Å². The van der Waals surface area contributed by atoms with E-state index in [2.05, 4.69) is 21.2 Å². The Hall–Kier alpha value is -2.79. The van der Waals surface area contributed by atoms with E-state index in [1.54, 1.807) is 12.1 Å². The minimum absolute atomic E-state index is 0.0780. The molecule has 1 aliphatic heterocycles. The SMILES string of the molecule is CC1(c2cccc([N+](=O)[O-])c2)NC(=O)N(CCS(=O)(=O)c2ccc(Br)cc2)C1=O. The number of sulfone groups is 1. The number of hydrogen-bond acceptors (Lipinski definition) is 6. The molecular formula is C18H16BrN3O6S. The Bertz CT molecular complexity index is 1100. The van der Waals surface area contributed by atoms with Crippen LogP contribution in [0.1, 0.15) is 12.5 Å². The fraction of sp³-hybridized carbons (Fsp3) is 0.222. The monoisotopic (exact) mass is 481 g/mol. The van der Waals surface area contributed by atoms with Gasteiger partial charge in [-0.2, -0.15) is 0 Å². The van der Waals surface area contributed by atoms with E-state index < -0.39 is 38.0 Å². The molecule has 11 heteroatoms. The van der Waals surface area contributed by atoms with E-state index in [0.29, 0.717) is 0 Å². The average Bonchev–Trinajstić information content (AvgIpc) is 2.90. The number of nitro groups is 1. The van der Waals surface area contributed by atoms with Crippen LogP contribution in [0.2, 0.25) is 0 Å². The van der Waals surface area contributed by atoms with Crippen molar-refractivity contribution in [3.8, 4) is 0 Å². The van der Waals surface area contributed by atoms with Crippen molar-refractivity contribution in [1.29, 1.82) is 0 Å². The standard InChI is InChI=1S/C18H16BrN3O6S/c1-18(12-3-2-4-14(11-12)22(25)26)16(23)21(17(24)20-18)9-10-29(27,28)15-7-5-13(19)6-8-15/h2-8,11H,9-10H2,1H3,(H,20,24). The minimum atomic E-state index is -3.72. The van der Waals surface area contributed by atoms with Crippen molar-refractivity contribution in [2.75, 3.05) is 12.3 Å². The van der Waals surface area contributed by atoms with Crippen molar-refractivity contribution in [2.45, 2.75) is 17.4 Å². The van der Waals surface area contributed by atoms with E-state index >= 15 is 0 Å². The summed E-state index contributed by atoms with van der Waals surface area (Å²) in [6, 6.07) is 10.7. The minimum Gasteiger partial charge on any atom is -0.319 e. The first kappa shape index (κ1) is 20.9. The number of urea groups is 1. The van der Waals surface area contributed by atoms with Crippen LogP contribution in [0.25, 0.3) is 0 Å². The molecule has 0 radical (unpaired) electrons. The number of nitro benzene ring substituents is 1. The number of benzene rings is 2. The quantitative estimate of drug-likeness (QED) is 0.383. The summed E-state index contributed by atoms with van der Waals surface area (Å²) in [5.41, 5.74) is -1.50. The highest BCUT2D eigenvalue weighted by Crippen LogP contribution is 2.31. The van der Waals surface area contributed by atoms with Crippen LogP contribution in [0.4, 0.5) is 10.5 Å². The lowest BCUT2D eigenvalue weighted by molar-refractivity contribution is -0.385.